The highest BCUT2D eigenvalue weighted by Crippen LogP contribution is 2.82. The Morgan fingerprint density at radius 1 is 1.00 bits per heavy atom. The van der Waals surface area contributed by atoms with Crippen molar-refractivity contribution in [1.82, 2.24) is 0 Å². The van der Waals surface area contributed by atoms with Crippen LogP contribution in [0.2, 0.25) is 0 Å². The highest BCUT2D eigenvalue weighted by Gasteiger charge is 2.77. The van der Waals surface area contributed by atoms with Crippen molar-refractivity contribution in [2.45, 2.75) is 123 Å². The second kappa shape index (κ2) is 6.55. The smallest absolute Gasteiger partial charge is 0.0971 e. The van der Waals surface area contributed by atoms with Gasteiger partial charge in [-0.25, -0.2) is 0 Å². The van der Waals surface area contributed by atoms with Crippen molar-refractivity contribution in [3.05, 3.63) is 0 Å². The van der Waals surface area contributed by atoms with E-state index in [9.17, 15) is 5.11 Å². The van der Waals surface area contributed by atoms with Gasteiger partial charge in [-0.2, -0.15) is 0 Å². The molecule has 6 aliphatic rings. The van der Waals surface area contributed by atoms with Crippen LogP contribution in [0, 0.1) is 51.8 Å². The molecular formula is C29H48O3. The molecule has 0 unspecified atom stereocenters. The Bertz CT molecular complexity index is 793. The molecule has 3 heteroatoms. The summed E-state index contributed by atoms with van der Waals surface area (Å²) < 4.78 is 12.3. The highest BCUT2D eigenvalue weighted by atomic mass is 16.6. The average molecular weight is 445 g/mol. The third-order valence-corrected chi connectivity index (χ3v) is 13.5. The molecular weight excluding hydrogens is 396 g/mol. The number of fused-ring (bicyclic) bond motifs is 4. The second-order valence-electron chi connectivity index (χ2n) is 14.4. The highest BCUT2D eigenvalue weighted by molar-refractivity contribution is 5.26. The van der Waals surface area contributed by atoms with Gasteiger partial charge in [0, 0.05) is 18.9 Å². The Morgan fingerprint density at radius 2 is 1.72 bits per heavy atom. The van der Waals surface area contributed by atoms with Crippen LogP contribution in [0.15, 0.2) is 0 Å². The van der Waals surface area contributed by atoms with E-state index in [-0.39, 0.29) is 17.3 Å². The molecule has 1 aliphatic heterocycles. The number of ether oxygens (including phenoxy) is 2. The van der Waals surface area contributed by atoms with Crippen LogP contribution in [-0.2, 0) is 9.47 Å². The van der Waals surface area contributed by atoms with Gasteiger partial charge in [-0.1, -0.05) is 20.8 Å². The molecule has 0 aromatic carbocycles. The fourth-order valence-corrected chi connectivity index (χ4v) is 11.2. The molecule has 1 spiro atoms. The van der Waals surface area contributed by atoms with Gasteiger partial charge in [-0.3, -0.25) is 0 Å². The summed E-state index contributed by atoms with van der Waals surface area (Å²) >= 11 is 0. The molecule has 0 radical (unpaired) electrons. The van der Waals surface area contributed by atoms with Crippen molar-refractivity contribution < 1.29 is 14.6 Å². The van der Waals surface area contributed by atoms with Gasteiger partial charge in [0.25, 0.3) is 0 Å². The van der Waals surface area contributed by atoms with E-state index in [0.29, 0.717) is 34.2 Å². The van der Waals surface area contributed by atoms with Gasteiger partial charge < -0.3 is 14.6 Å². The summed E-state index contributed by atoms with van der Waals surface area (Å²) in [5.74, 6) is 4.48. The van der Waals surface area contributed by atoms with Crippen LogP contribution < -0.4 is 0 Å². The summed E-state index contributed by atoms with van der Waals surface area (Å²) in [6, 6.07) is 0. The van der Waals surface area contributed by atoms with Crippen LogP contribution in [0.5, 0.6) is 0 Å². The number of aliphatic hydroxyl groups is 1. The van der Waals surface area contributed by atoms with E-state index in [1.165, 1.54) is 51.4 Å². The molecule has 32 heavy (non-hydrogen) atoms. The van der Waals surface area contributed by atoms with E-state index in [1.54, 1.807) is 0 Å². The van der Waals surface area contributed by atoms with E-state index < -0.39 is 0 Å². The second-order valence-corrected chi connectivity index (χ2v) is 14.4. The lowest BCUT2D eigenvalue weighted by atomic mass is 9.45. The molecule has 5 saturated carbocycles. The third-order valence-electron chi connectivity index (χ3n) is 13.5. The van der Waals surface area contributed by atoms with Gasteiger partial charge >= 0.3 is 0 Å². The molecule has 12 atom stereocenters. The summed E-state index contributed by atoms with van der Waals surface area (Å²) in [6.07, 6.45) is 12.1. The summed E-state index contributed by atoms with van der Waals surface area (Å²) in [5.41, 5.74) is 1.17. The number of rotatable bonds is 5. The van der Waals surface area contributed by atoms with Crippen molar-refractivity contribution in [2.24, 2.45) is 51.8 Å². The molecule has 1 N–H and O–H groups in total. The maximum Gasteiger partial charge on any atom is 0.0971 e. The molecule has 1 saturated heterocycles. The largest absolute Gasteiger partial charge is 0.393 e. The van der Waals surface area contributed by atoms with Gasteiger partial charge in [0.1, 0.15) is 0 Å². The van der Waals surface area contributed by atoms with Gasteiger partial charge in [-0.15, -0.1) is 0 Å². The summed E-state index contributed by atoms with van der Waals surface area (Å²) in [6.45, 7) is 14.1. The quantitative estimate of drug-likeness (QED) is 0.512. The Kier molecular flexibility index (Phi) is 4.57. The van der Waals surface area contributed by atoms with E-state index in [2.05, 4.69) is 41.5 Å². The maximum atomic E-state index is 11.3. The van der Waals surface area contributed by atoms with Crippen LogP contribution in [0.3, 0.4) is 0 Å². The summed E-state index contributed by atoms with van der Waals surface area (Å²) in [7, 11) is 1.99. The van der Waals surface area contributed by atoms with Crippen LogP contribution in [0.25, 0.3) is 0 Å². The van der Waals surface area contributed by atoms with Crippen molar-refractivity contribution in [3.8, 4) is 0 Å². The van der Waals surface area contributed by atoms with Crippen molar-refractivity contribution in [2.75, 3.05) is 7.11 Å². The monoisotopic (exact) mass is 444 g/mol. The Balaban J connectivity index is 1.23. The third kappa shape index (κ3) is 2.55. The standard InChI is InChI=1S/C29H48O3/c1-17(23(30)16-28(6)25(2,3)32-28)20-8-9-21-19-14-24(31-7)29-15-18(29)10-13-27(29,5)22(19)11-12-26(20,21)4/h17-24,30H,8-16H2,1-7H3/t17-,18+,19-,20+,21-,22-,23+,24+,26+,27+,28-,29-/m0/s1. The zero-order chi connectivity index (χ0) is 22.9. The molecule has 1 heterocycles. The predicted octanol–water partition coefficient (Wildman–Crippen LogP) is 6.22. The zero-order valence-corrected chi connectivity index (χ0v) is 21.7. The first-order valence-electron chi connectivity index (χ1n) is 13.8. The Hall–Kier alpha value is -0.120. The number of epoxide rings is 1. The van der Waals surface area contributed by atoms with Gasteiger partial charge in [-0.05, 0) is 118 Å². The van der Waals surface area contributed by atoms with Gasteiger partial charge in [0.15, 0.2) is 0 Å². The Morgan fingerprint density at radius 3 is 2.34 bits per heavy atom. The minimum atomic E-state index is -0.263. The lowest BCUT2D eigenvalue weighted by Crippen LogP contribution is -2.57. The van der Waals surface area contributed by atoms with E-state index in [0.717, 1.165) is 30.1 Å². The molecule has 3 nitrogen and oxygen atoms in total. The van der Waals surface area contributed by atoms with Gasteiger partial charge in [0.2, 0.25) is 0 Å². The fourth-order valence-electron chi connectivity index (χ4n) is 11.2. The van der Waals surface area contributed by atoms with Crippen molar-refractivity contribution in [3.63, 3.8) is 0 Å². The first-order chi connectivity index (χ1) is 14.9. The summed E-state index contributed by atoms with van der Waals surface area (Å²) in [5, 5.41) is 11.3. The van der Waals surface area contributed by atoms with Crippen molar-refractivity contribution >= 4 is 0 Å². The van der Waals surface area contributed by atoms with Crippen LogP contribution >= 0.6 is 0 Å². The number of hydrogen-bond acceptors (Lipinski definition) is 3. The molecule has 6 rings (SSSR count). The molecule has 182 valence electrons. The Labute approximate surface area is 196 Å². The normalized spacial score (nSPS) is 58.9. The summed E-state index contributed by atoms with van der Waals surface area (Å²) in [4.78, 5) is 0. The van der Waals surface area contributed by atoms with E-state index in [4.69, 9.17) is 9.47 Å². The molecule has 0 aromatic heterocycles. The lowest BCUT2D eigenvalue weighted by molar-refractivity contribution is -0.162. The lowest BCUT2D eigenvalue weighted by Gasteiger charge is -2.61. The fraction of sp³-hybridized carbons (Fsp3) is 1.00. The first-order valence-corrected chi connectivity index (χ1v) is 13.8. The van der Waals surface area contributed by atoms with E-state index in [1.807, 2.05) is 7.11 Å². The van der Waals surface area contributed by atoms with E-state index >= 15 is 0 Å². The minimum Gasteiger partial charge on any atom is -0.393 e. The van der Waals surface area contributed by atoms with Crippen LogP contribution in [0.1, 0.15) is 99.3 Å². The minimum absolute atomic E-state index is 0.0848. The molecule has 0 bridgehead atoms. The van der Waals surface area contributed by atoms with Gasteiger partial charge in [0.05, 0.1) is 23.4 Å². The number of hydrogen-bond donors (Lipinski definition) is 1. The maximum absolute atomic E-state index is 11.3. The molecule has 6 fully saturated rings. The van der Waals surface area contributed by atoms with Crippen LogP contribution in [-0.4, -0.2) is 35.6 Å². The zero-order valence-electron chi connectivity index (χ0n) is 21.7. The number of methoxy groups -OCH3 is 1. The van der Waals surface area contributed by atoms with Crippen LogP contribution in [0.4, 0.5) is 0 Å². The SMILES string of the molecule is CO[C@@H]1C[C@H]2[C@@H]3CC[C@H]([C@H](C)[C@H](O)C[C@]4(C)OC4(C)C)[C@@]3(C)CC[C@@H]2[C@@]2(C)CC[C@@H]3C[C@]312. The average Bonchev–Trinajstić information content (AvgIpc) is 3.45. The first kappa shape index (κ1) is 22.4. The molecule has 0 amide bonds. The topological polar surface area (TPSA) is 42.0 Å². The van der Waals surface area contributed by atoms with Crippen molar-refractivity contribution in [1.29, 1.82) is 0 Å². The molecule has 0 aromatic rings. The number of aliphatic hydroxyl groups excluding tert-OH is 1. The molecule has 5 aliphatic carbocycles. The predicted molar refractivity (Wildman–Crippen MR) is 127 cm³/mol.